The minimum Gasteiger partial charge on any atom is -0.478 e. The lowest BCUT2D eigenvalue weighted by Crippen LogP contribution is -2.26. The number of benzene rings is 1. The van der Waals surface area contributed by atoms with Crippen molar-refractivity contribution in [3.8, 4) is 17.6 Å². The first-order valence-corrected chi connectivity index (χ1v) is 11.5. The second kappa shape index (κ2) is 11.7. The van der Waals surface area contributed by atoms with Crippen molar-refractivity contribution >= 4 is 29.2 Å². The second-order valence-electron chi connectivity index (χ2n) is 8.01. The summed E-state index contributed by atoms with van der Waals surface area (Å²) in [7, 11) is 1.34. The van der Waals surface area contributed by atoms with Gasteiger partial charge in [-0.25, -0.2) is 24.4 Å². The fourth-order valence-corrected chi connectivity index (χ4v) is 3.67. The average molecular weight is 599 g/mol. The molecule has 0 spiro atoms. The van der Waals surface area contributed by atoms with Crippen molar-refractivity contribution in [2.45, 2.75) is 19.4 Å². The zero-order valence-electron chi connectivity index (χ0n) is 20.5. The summed E-state index contributed by atoms with van der Waals surface area (Å²) in [5.41, 5.74) is -1.62. The number of alkyl halides is 5. The Morgan fingerprint density at radius 3 is 2.37 bits per heavy atom. The minimum atomic E-state index is -4.92. The highest BCUT2D eigenvalue weighted by atomic mass is 35.5. The Hall–Kier alpha value is -4.86. The zero-order valence-corrected chi connectivity index (χ0v) is 21.3. The molecular formula is C24H16ClF5N6O5. The zero-order chi connectivity index (χ0) is 29.9. The summed E-state index contributed by atoms with van der Waals surface area (Å²) in [6.07, 6.45) is -1.77. The molecule has 41 heavy (non-hydrogen) atoms. The molecule has 0 aliphatic carbocycles. The number of rotatable bonds is 9. The molecule has 0 unspecified atom stereocenters. The van der Waals surface area contributed by atoms with Gasteiger partial charge in [-0.15, -0.1) is 0 Å². The van der Waals surface area contributed by atoms with Crippen LogP contribution >= 0.6 is 11.6 Å². The highest BCUT2D eigenvalue weighted by molar-refractivity contribution is 6.32. The van der Waals surface area contributed by atoms with Crippen LogP contribution in [0.25, 0.3) is 5.69 Å². The number of aromatic nitrogens is 5. The lowest BCUT2D eigenvalue weighted by molar-refractivity contribution is -0.141. The molecule has 0 saturated carbocycles. The van der Waals surface area contributed by atoms with Gasteiger partial charge in [-0.05, 0) is 24.3 Å². The number of carboxylic acid groups (broad SMARTS) is 1. The van der Waals surface area contributed by atoms with E-state index in [0.717, 1.165) is 28.2 Å². The molecule has 3 aromatic heterocycles. The van der Waals surface area contributed by atoms with Crippen molar-refractivity contribution in [3.05, 3.63) is 82.5 Å². The molecule has 214 valence electrons. The quantitative estimate of drug-likeness (QED) is 0.268. The lowest BCUT2D eigenvalue weighted by atomic mass is 10.1. The van der Waals surface area contributed by atoms with Crippen molar-refractivity contribution in [1.29, 1.82) is 0 Å². The number of pyridine rings is 1. The van der Waals surface area contributed by atoms with Gasteiger partial charge in [0.2, 0.25) is 5.88 Å². The van der Waals surface area contributed by atoms with Crippen LogP contribution in [0.5, 0.6) is 11.9 Å². The maximum atomic E-state index is 13.6. The average Bonchev–Trinajstić information content (AvgIpc) is 3.28. The van der Waals surface area contributed by atoms with E-state index in [0.29, 0.717) is 0 Å². The molecule has 1 N–H and O–H groups in total. The molecular weight excluding hydrogens is 583 g/mol. The van der Waals surface area contributed by atoms with Gasteiger partial charge in [0.05, 0.1) is 34.4 Å². The van der Waals surface area contributed by atoms with Crippen LogP contribution in [-0.2, 0) is 12.8 Å². The molecule has 1 amide bonds. The normalized spacial score (nSPS) is 11.4. The van der Waals surface area contributed by atoms with Gasteiger partial charge in [-0.3, -0.25) is 4.79 Å². The van der Waals surface area contributed by atoms with Gasteiger partial charge < -0.3 is 19.5 Å². The van der Waals surface area contributed by atoms with Crippen LogP contribution in [0, 0.1) is 0 Å². The predicted molar refractivity (Wildman–Crippen MR) is 131 cm³/mol. The summed E-state index contributed by atoms with van der Waals surface area (Å²) >= 11 is 6.05. The number of anilines is 1. The van der Waals surface area contributed by atoms with E-state index in [1.165, 1.54) is 43.4 Å². The van der Waals surface area contributed by atoms with E-state index in [1.807, 2.05) is 0 Å². The fraction of sp³-hybridized carbons (Fsp3) is 0.167. The van der Waals surface area contributed by atoms with Crippen LogP contribution in [0.2, 0.25) is 5.02 Å². The van der Waals surface area contributed by atoms with E-state index in [1.54, 1.807) is 0 Å². The second-order valence-corrected chi connectivity index (χ2v) is 8.39. The van der Waals surface area contributed by atoms with E-state index in [2.05, 4.69) is 24.8 Å². The standard InChI is InChI=1S/C24H16ClF5N6O5/c1-35(15-9-32-23(33-10-15)41-22(26)27)20(37)12-3-2-4-14(7-12)36-16(18(25)19(34-36)24(28,29)30)11-40-17-6-5-13(8-31-17)21(38)39/h2-10,22H,11H2,1H3,(H,38,39). The molecule has 4 aromatic rings. The monoisotopic (exact) mass is 598 g/mol. The first-order valence-electron chi connectivity index (χ1n) is 11.2. The topological polar surface area (TPSA) is 133 Å². The number of halogens is 6. The number of ether oxygens (including phenoxy) is 2. The molecule has 4 rings (SSSR count). The van der Waals surface area contributed by atoms with E-state index in [4.69, 9.17) is 21.4 Å². The molecule has 0 fully saturated rings. The fourth-order valence-electron chi connectivity index (χ4n) is 3.39. The van der Waals surface area contributed by atoms with Crippen LogP contribution in [0.3, 0.4) is 0 Å². The third kappa shape index (κ3) is 6.66. The molecule has 1 aromatic carbocycles. The summed E-state index contributed by atoms with van der Waals surface area (Å²) < 4.78 is 76.0. The summed E-state index contributed by atoms with van der Waals surface area (Å²) in [5.74, 6) is -1.97. The summed E-state index contributed by atoms with van der Waals surface area (Å²) in [6, 6.07) is 7.22. The molecule has 0 atom stereocenters. The van der Waals surface area contributed by atoms with Gasteiger partial charge >= 0.3 is 24.8 Å². The Bertz CT molecular complexity index is 1560. The smallest absolute Gasteiger partial charge is 0.436 e. The van der Waals surface area contributed by atoms with Crippen LogP contribution in [-0.4, -0.2) is 55.4 Å². The largest absolute Gasteiger partial charge is 0.478 e. The summed E-state index contributed by atoms with van der Waals surface area (Å²) in [4.78, 5) is 36.2. The number of aromatic carboxylic acids is 1. The van der Waals surface area contributed by atoms with E-state index < -0.39 is 48.0 Å². The van der Waals surface area contributed by atoms with Crippen LogP contribution in [0.15, 0.2) is 55.0 Å². The van der Waals surface area contributed by atoms with Crippen molar-refractivity contribution in [2.75, 3.05) is 11.9 Å². The molecule has 3 heterocycles. The predicted octanol–water partition coefficient (Wildman–Crippen LogP) is 4.88. The van der Waals surface area contributed by atoms with Crippen molar-refractivity contribution in [3.63, 3.8) is 0 Å². The van der Waals surface area contributed by atoms with Gasteiger partial charge in [-0.1, -0.05) is 17.7 Å². The first-order chi connectivity index (χ1) is 19.3. The van der Waals surface area contributed by atoms with Gasteiger partial charge in [0.1, 0.15) is 12.3 Å². The third-order valence-corrected chi connectivity index (χ3v) is 5.76. The molecule has 0 saturated heterocycles. The Morgan fingerprint density at radius 1 is 1.07 bits per heavy atom. The third-order valence-electron chi connectivity index (χ3n) is 5.36. The van der Waals surface area contributed by atoms with Gasteiger partial charge in [0.25, 0.3) is 5.91 Å². The summed E-state index contributed by atoms with van der Waals surface area (Å²) in [6.45, 7) is -3.69. The lowest BCUT2D eigenvalue weighted by Gasteiger charge is -2.17. The highest BCUT2D eigenvalue weighted by Crippen LogP contribution is 2.37. The van der Waals surface area contributed by atoms with Gasteiger partial charge in [0, 0.05) is 24.9 Å². The Kier molecular flexibility index (Phi) is 8.32. The SMILES string of the molecule is CN(C(=O)c1cccc(-n2nc(C(F)(F)F)c(Cl)c2COc2ccc(C(=O)O)cn2)c1)c1cnc(OC(F)F)nc1. The Balaban J connectivity index is 1.63. The Labute approximate surface area is 231 Å². The van der Waals surface area contributed by atoms with E-state index in [-0.39, 0.29) is 34.1 Å². The van der Waals surface area contributed by atoms with Crippen LogP contribution in [0.1, 0.15) is 32.1 Å². The van der Waals surface area contributed by atoms with Crippen molar-refractivity contribution in [1.82, 2.24) is 24.7 Å². The number of carboxylic acids is 1. The van der Waals surface area contributed by atoms with Gasteiger partial charge in [-0.2, -0.15) is 27.1 Å². The molecule has 0 radical (unpaired) electrons. The maximum Gasteiger partial charge on any atom is 0.436 e. The van der Waals surface area contributed by atoms with Crippen LogP contribution < -0.4 is 14.4 Å². The number of hydrogen-bond donors (Lipinski definition) is 1. The first kappa shape index (κ1) is 29.1. The molecule has 0 bridgehead atoms. The maximum absolute atomic E-state index is 13.6. The summed E-state index contributed by atoms with van der Waals surface area (Å²) in [5, 5.41) is 11.8. The minimum absolute atomic E-state index is 0.0101. The van der Waals surface area contributed by atoms with E-state index >= 15 is 0 Å². The van der Waals surface area contributed by atoms with Crippen molar-refractivity contribution < 1.29 is 46.1 Å². The molecule has 11 nitrogen and oxygen atoms in total. The molecule has 0 aliphatic rings. The van der Waals surface area contributed by atoms with Crippen LogP contribution in [0.4, 0.5) is 27.6 Å². The van der Waals surface area contributed by atoms with Crippen molar-refractivity contribution in [2.24, 2.45) is 0 Å². The number of carbonyl (C=O) groups is 2. The molecule has 17 heteroatoms. The number of hydrogen-bond acceptors (Lipinski definition) is 8. The number of amides is 1. The molecule has 0 aliphatic heterocycles. The number of nitrogens with zero attached hydrogens (tertiary/aromatic N) is 6. The van der Waals surface area contributed by atoms with Gasteiger partial charge in [0.15, 0.2) is 5.69 Å². The number of carbonyl (C=O) groups excluding carboxylic acids is 1. The Morgan fingerprint density at radius 2 is 1.78 bits per heavy atom. The van der Waals surface area contributed by atoms with E-state index in [9.17, 15) is 31.5 Å². The highest BCUT2D eigenvalue weighted by Gasteiger charge is 2.39.